The molecule has 2 aromatic rings. The molecule has 0 amide bonds. The first-order valence-corrected chi connectivity index (χ1v) is 7.55. The number of hydrogen-bond acceptors (Lipinski definition) is 4. The van der Waals surface area contributed by atoms with Crippen LogP contribution >= 0.6 is 0 Å². The van der Waals surface area contributed by atoms with E-state index in [-0.39, 0.29) is 0 Å². The summed E-state index contributed by atoms with van der Waals surface area (Å²) in [6, 6.07) is 7.48. The third-order valence-electron chi connectivity index (χ3n) is 3.59. The van der Waals surface area contributed by atoms with Crippen molar-refractivity contribution in [1.82, 2.24) is 4.98 Å². The first-order chi connectivity index (χ1) is 11.1. The van der Waals surface area contributed by atoms with E-state index in [0.717, 1.165) is 17.5 Å². The molecule has 0 radical (unpaired) electrons. The van der Waals surface area contributed by atoms with Crippen molar-refractivity contribution in [3.63, 3.8) is 0 Å². The lowest BCUT2D eigenvalue weighted by Crippen LogP contribution is -2.07. The van der Waals surface area contributed by atoms with E-state index in [4.69, 9.17) is 14.6 Å². The van der Waals surface area contributed by atoms with Gasteiger partial charge in [-0.25, -0.2) is 0 Å². The molecule has 5 heteroatoms. The lowest BCUT2D eigenvalue weighted by molar-refractivity contribution is -0.138. The Bertz CT molecular complexity index is 684. The van der Waals surface area contributed by atoms with Crippen molar-refractivity contribution in [3.8, 4) is 22.6 Å². The number of benzene rings is 1. The first-order valence-electron chi connectivity index (χ1n) is 7.55. The number of nitrogens with zero attached hydrogens (tertiary/aromatic N) is 1. The molecule has 1 aromatic carbocycles. The average molecular weight is 315 g/mol. The Labute approximate surface area is 135 Å². The van der Waals surface area contributed by atoms with Crippen LogP contribution in [0.15, 0.2) is 36.7 Å². The summed E-state index contributed by atoms with van der Waals surface area (Å²) in [5.41, 5.74) is 2.42. The number of pyridine rings is 1. The predicted octanol–water partition coefficient (Wildman–Crippen LogP) is 3.73. The molecule has 0 bridgehead atoms. The molecule has 1 N–H and O–H groups in total. The molecule has 0 saturated carbocycles. The highest BCUT2D eigenvalue weighted by atomic mass is 16.5. The molecule has 2 rings (SSSR count). The molecule has 1 atom stereocenters. The molecule has 1 aromatic heterocycles. The van der Waals surface area contributed by atoms with Crippen LogP contribution in [-0.4, -0.2) is 29.8 Å². The number of carboxylic acids is 1. The Hall–Kier alpha value is -2.56. The fraction of sp³-hybridized carbons (Fsp3) is 0.333. The molecule has 23 heavy (non-hydrogen) atoms. The molecule has 122 valence electrons. The summed E-state index contributed by atoms with van der Waals surface area (Å²) >= 11 is 0. The van der Waals surface area contributed by atoms with E-state index in [9.17, 15) is 4.79 Å². The van der Waals surface area contributed by atoms with Crippen LogP contribution < -0.4 is 9.47 Å². The summed E-state index contributed by atoms with van der Waals surface area (Å²) in [5.74, 6) is -0.129. The third kappa shape index (κ3) is 4.00. The molecule has 1 heterocycles. The van der Waals surface area contributed by atoms with Crippen molar-refractivity contribution in [2.75, 3.05) is 13.7 Å². The molecule has 0 spiro atoms. The number of carboxylic acid groups (broad SMARTS) is 1. The van der Waals surface area contributed by atoms with Crippen molar-refractivity contribution in [2.45, 2.75) is 26.2 Å². The van der Waals surface area contributed by atoms with Crippen LogP contribution in [0.25, 0.3) is 11.1 Å². The van der Waals surface area contributed by atoms with Crippen LogP contribution in [0.3, 0.4) is 0 Å². The van der Waals surface area contributed by atoms with Gasteiger partial charge in [-0.1, -0.05) is 13.0 Å². The highest BCUT2D eigenvalue weighted by molar-refractivity contribution is 5.76. The minimum absolute atomic E-state index is 0.600. The van der Waals surface area contributed by atoms with Crippen LogP contribution in [0.5, 0.6) is 11.5 Å². The molecule has 0 aliphatic carbocycles. The second-order valence-electron chi connectivity index (χ2n) is 5.28. The van der Waals surface area contributed by atoms with Gasteiger partial charge in [-0.2, -0.15) is 0 Å². The van der Waals surface area contributed by atoms with Gasteiger partial charge in [0.2, 0.25) is 0 Å². The normalized spacial score (nSPS) is 11.8. The average Bonchev–Trinajstić information content (AvgIpc) is 2.59. The van der Waals surface area contributed by atoms with Crippen molar-refractivity contribution >= 4 is 5.97 Å². The van der Waals surface area contributed by atoms with Crippen LogP contribution in [0, 0.1) is 0 Å². The van der Waals surface area contributed by atoms with Crippen LogP contribution in [-0.2, 0) is 4.79 Å². The Kier molecular flexibility index (Phi) is 5.57. The van der Waals surface area contributed by atoms with Gasteiger partial charge < -0.3 is 14.6 Å². The highest BCUT2D eigenvalue weighted by Crippen LogP contribution is 2.33. The Morgan fingerprint density at radius 2 is 2.00 bits per heavy atom. The fourth-order valence-corrected chi connectivity index (χ4v) is 2.18. The van der Waals surface area contributed by atoms with Gasteiger partial charge in [0.15, 0.2) is 11.5 Å². The third-order valence-corrected chi connectivity index (χ3v) is 3.59. The Balaban J connectivity index is 2.38. The van der Waals surface area contributed by atoms with E-state index in [1.807, 2.05) is 31.2 Å². The Morgan fingerprint density at radius 1 is 1.22 bits per heavy atom. The molecule has 0 saturated heterocycles. The van der Waals surface area contributed by atoms with Crippen LogP contribution in [0.2, 0.25) is 0 Å². The molecule has 0 fully saturated rings. The molecule has 5 nitrogen and oxygen atoms in total. The van der Waals surface area contributed by atoms with Crippen molar-refractivity contribution in [2.24, 2.45) is 0 Å². The topological polar surface area (TPSA) is 68.7 Å². The maximum atomic E-state index is 11.1. The van der Waals surface area contributed by atoms with E-state index in [1.54, 1.807) is 26.4 Å². The van der Waals surface area contributed by atoms with Crippen molar-refractivity contribution < 1.29 is 19.4 Å². The first kappa shape index (κ1) is 16.8. The zero-order valence-electron chi connectivity index (χ0n) is 13.6. The summed E-state index contributed by atoms with van der Waals surface area (Å²) in [6.07, 6.45) is 4.20. The second-order valence-corrected chi connectivity index (χ2v) is 5.28. The lowest BCUT2D eigenvalue weighted by Gasteiger charge is -2.13. The second kappa shape index (κ2) is 7.63. The fourth-order valence-electron chi connectivity index (χ4n) is 2.18. The maximum absolute atomic E-state index is 11.1. The number of ether oxygens (including phenoxy) is 2. The largest absolute Gasteiger partial charge is 0.493 e. The van der Waals surface area contributed by atoms with Gasteiger partial charge in [0.25, 0.3) is 0 Å². The summed E-state index contributed by atoms with van der Waals surface area (Å²) in [4.78, 5) is 15.3. The number of carbonyl (C=O) groups is 1. The summed E-state index contributed by atoms with van der Waals surface area (Å²) in [7, 11) is 1.60. The zero-order chi connectivity index (χ0) is 16.8. The number of hydrogen-bond donors (Lipinski definition) is 1. The van der Waals surface area contributed by atoms with Crippen LogP contribution in [0.4, 0.5) is 0 Å². The molecule has 0 aliphatic rings. The van der Waals surface area contributed by atoms with Gasteiger partial charge in [-0.15, -0.1) is 0 Å². The molecule has 1 unspecified atom stereocenters. The van der Waals surface area contributed by atoms with Gasteiger partial charge in [-0.05, 0) is 42.7 Å². The lowest BCUT2D eigenvalue weighted by atomic mass is 9.99. The van der Waals surface area contributed by atoms with Gasteiger partial charge >= 0.3 is 5.97 Å². The van der Waals surface area contributed by atoms with Gasteiger partial charge in [0.05, 0.1) is 19.6 Å². The quantitative estimate of drug-likeness (QED) is 0.843. The molecule has 0 aliphatic heterocycles. The van der Waals surface area contributed by atoms with Crippen molar-refractivity contribution in [1.29, 1.82) is 0 Å². The van der Waals surface area contributed by atoms with E-state index in [2.05, 4.69) is 4.98 Å². The standard InChI is InChI=1S/C18H21NO4/c1-4-7-23-17-9-13(5-6-16(17)22-3)15-8-14(10-19-11-15)12(2)18(20)21/h5-6,8-12H,4,7H2,1-3H3,(H,20,21). The number of rotatable bonds is 7. The Morgan fingerprint density at radius 3 is 2.65 bits per heavy atom. The van der Waals surface area contributed by atoms with Gasteiger partial charge in [-0.3, -0.25) is 9.78 Å². The number of methoxy groups -OCH3 is 1. The van der Waals surface area contributed by atoms with Gasteiger partial charge in [0, 0.05) is 18.0 Å². The summed E-state index contributed by atoms with van der Waals surface area (Å²) in [6.45, 7) is 4.29. The van der Waals surface area contributed by atoms with E-state index in [1.165, 1.54) is 0 Å². The predicted molar refractivity (Wildman–Crippen MR) is 88.1 cm³/mol. The highest BCUT2D eigenvalue weighted by Gasteiger charge is 2.15. The van der Waals surface area contributed by atoms with E-state index >= 15 is 0 Å². The van der Waals surface area contributed by atoms with E-state index in [0.29, 0.717) is 23.7 Å². The monoisotopic (exact) mass is 315 g/mol. The summed E-state index contributed by atoms with van der Waals surface area (Å²) < 4.78 is 11.0. The zero-order valence-corrected chi connectivity index (χ0v) is 13.6. The minimum Gasteiger partial charge on any atom is -0.493 e. The minimum atomic E-state index is -0.870. The van der Waals surface area contributed by atoms with Crippen LogP contribution in [0.1, 0.15) is 31.7 Å². The molecular weight excluding hydrogens is 294 g/mol. The maximum Gasteiger partial charge on any atom is 0.310 e. The van der Waals surface area contributed by atoms with E-state index < -0.39 is 11.9 Å². The smallest absolute Gasteiger partial charge is 0.310 e. The number of aliphatic carboxylic acids is 1. The SMILES string of the molecule is CCCOc1cc(-c2cncc(C(C)C(=O)O)c2)ccc1OC. The van der Waals surface area contributed by atoms with Crippen molar-refractivity contribution in [3.05, 3.63) is 42.2 Å². The number of aromatic nitrogens is 1. The summed E-state index contributed by atoms with van der Waals surface area (Å²) in [5, 5.41) is 9.14. The molecular formula is C18H21NO4. The van der Waals surface area contributed by atoms with Gasteiger partial charge in [0.1, 0.15) is 0 Å².